The van der Waals surface area contributed by atoms with Crippen LogP contribution in [0.1, 0.15) is 0 Å². The summed E-state index contributed by atoms with van der Waals surface area (Å²) in [7, 11) is 0. The highest BCUT2D eigenvalue weighted by molar-refractivity contribution is 9.10. The van der Waals surface area contributed by atoms with Gasteiger partial charge in [-0.05, 0) is 73.8 Å². The Balaban J connectivity index is 1.41. The number of rotatable bonds is 4. The third kappa shape index (κ3) is 3.87. The largest absolute Gasteiger partial charge is 0.305 e. The van der Waals surface area contributed by atoms with Crippen molar-refractivity contribution in [2.45, 2.75) is 0 Å². The maximum absolute atomic E-state index is 15.0. The molecule has 7 aromatic carbocycles. The molecule has 0 N–H and O–H groups in total. The first-order valence-corrected chi connectivity index (χ1v) is 13.5. The molecule has 0 heterocycles. The Bertz CT molecular complexity index is 2080. The first kappa shape index (κ1) is 25.5. The van der Waals surface area contributed by atoms with Crippen LogP contribution in [0.25, 0.3) is 43.4 Å². The van der Waals surface area contributed by atoms with Crippen LogP contribution in [0.4, 0.5) is 39.0 Å². The molecule has 7 heteroatoms. The fourth-order valence-electron chi connectivity index (χ4n) is 5.58. The van der Waals surface area contributed by atoms with E-state index in [2.05, 4.69) is 52.3 Å². The molecule has 41 heavy (non-hydrogen) atoms. The summed E-state index contributed by atoms with van der Waals surface area (Å²) in [4.78, 5) is 1.03. The highest BCUT2D eigenvalue weighted by atomic mass is 79.9. The average Bonchev–Trinajstić information content (AvgIpc) is 3.01. The second-order valence-corrected chi connectivity index (χ2v) is 10.6. The quantitative estimate of drug-likeness (QED) is 0.0825. The van der Waals surface area contributed by atoms with Gasteiger partial charge < -0.3 is 4.90 Å². The lowest BCUT2D eigenvalue weighted by Gasteiger charge is -2.26. The monoisotopic (exact) mass is 613 g/mol. The van der Waals surface area contributed by atoms with Crippen LogP contribution in [0, 0.1) is 29.1 Å². The lowest BCUT2D eigenvalue weighted by Crippen LogP contribution is -2.17. The summed E-state index contributed by atoms with van der Waals surface area (Å²) in [5.41, 5.74) is 1.19. The molecule has 7 aromatic rings. The van der Waals surface area contributed by atoms with Crippen molar-refractivity contribution in [1.29, 1.82) is 0 Å². The number of halogens is 6. The van der Waals surface area contributed by atoms with E-state index in [0.29, 0.717) is 0 Å². The maximum atomic E-state index is 15.0. The lowest BCUT2D eigenvalue weighted by atomic mass is 9.90. The number of nitrogens with zero attached hydrogens (tertiary/aromatic N) is 1. The molecule has 0 atom stereocenters. The number of hydrogen-bond donors (Lipinski definition) is 0. The van der Waals surface area contributed by atoms with E-state index in [-0.39, 0.29) is 11.4 Å². The van der Waals surface area contributed by atoms with E-state index in [0.717, 1.165) is 52.8 Å². The summed E-state index contributed by atoms with van der Waals surface area (Å²) < 4.78 is 73.3. The van der Waals surface area contributed by atoms with E-state index in [1.807, 2.05) is 12.1 Å². The highest BCUT2D eigenvalue weighted by Crippen LogP contribution is 2.43. The van der Waals surface area contributed by atoms with Crippen molar-refractivity contribution < 1.29 is 22.0 Å². The molecule has 0 unspecified atom stereocenters. The van der Waals surface area contributed by atoms with Crippen molar-refractivity contribution in [2.75, 3.05) is 4.90 Å². The predicted molar refractivity (Wildman–Crippen MR) is 158 cm³/mol. The van der Waals surface area contributed by atoms with Gasteiger partial charge in [0.25, 0.3) is 0 Å². The van der Waals surface area contributed by atoms with Crippen LogP contribution in [0.2, 0.25) is 0 Å². The van der Waals surface area contributed by atoms with Gasteiger partial charge in [-0.15, -0.1) is 0 Å². The maximum Gasteiger partial charge on any atom is 0.200 e. The Hall–Kier alpha value is -4.49. The van der Waals surface area contributed by atoms with Gasteiger partial charge in [0.1, 0.15) is 5.69 Å². The van der Waals surface area contributed by atoms with Gasteiger partial charge in [-0.25, -0.2) is 22.0 Å². The van der Waals surface area contributed by atoms with Crippen LogP contribution < -0.4 is 4.90 Å². The minimum atomic E-state index is -2.20. The molecule has 1 nitrogen and oxygen atoms in total. The van der Waals surface area contributed by atoms with Crippen molar-refractivity contribution in [3.05, 3.63) is 137 Å². The second-order valence-electron chi connectivity index (χ2n) is 9.72. The van der Waals surface area contributed by atoms with E-state index in [1.165, 1.54) is 12.1 Å². The first-order valence-electron chi connectivity index (χ1n) is 12.7. The summed E-state index contributed by atoms with van der Waals surface area (Å²) in [6.07, 6.45) is 0. The fraction of sp³-hybridized carbons (Fsp3) is 0. The molecule has 0 aromatic heterocycles. The molecule has 0 aliphatic heterocycles. The van der Waals surface area contributed by atoms with Gasteiger partial charge in [-0.2, -0.15) is 0 Å². The van der Waals surface area contributed by atoms with Gasteiger partial charge in [0.05, 0.1) is 0 Å². The smallest absolute Gasteiger partial charge is 0.200 e. The Labute approximate surface area is 239 Å². The predicted octanol–water partition coefficient (Wildman–Crippen LogP) is 11.2. The van der Waals surface area contributed by atoms with Gasteiger partial charge in [0.15, 0.2) is 23.3 Å². The molecular formula is C34H17BrF5N. The van der Waals surface area contributed by atoms with Gasteiger partial charge in [-0.3, -0.25) is 0 Å². The topological polar surface area (TPSA) is 3.24 Å². The highest BCUT2D eigenvalue weighted by Gasteiger charge is 2.30. The Morgan fingerprint density at radius 3 is 1.63 bits per heavy atom. The van der Waals surface area contributed by atoms with Crippen molar-refractivity contribution >= 4 is 65.3 Å². The molecular weight excluding hydrogens is 597 g/mol. The number of anilines is 3. The van der Waals surface area contributed by atoms with Crippen LogP contribution in [-0.2, 0) is 0 Å². The minimum Gasteiger partial charge on any atom is -0.305 e. The van der Waals surface area contributed by atoms with Crippen molar-refractivity contribution in [1.82, 2.24) is 0 Å². The Morgan fingerprint density at radius 2 is 0.976 bits per heavy atom. The molecule has 0 saturated carbocycles. The summed E-state index contributed by atoms with van der Waals surface area (Å²) in [6.45, 7) is 0. The van der Waals surface area contributed by atoms with E-state index in [4.69, 9.17) is 0 Å². The summed E-state index contributed by atoms with van der Waals surface area (Å²) >= 11 is 3.66. The normalized spacial score (nSPS) is 11.7. The zero-order valence-electron chi connectivity index (χ0n) is 21.0. The Kier molecular flexibility index (Phi) is 5.94. The molecule has 0 radical (unpaired) electrons. The standard InChI is InChI=1S/C34H17BrF5N/c35-26-17-11-20-9-15-24-23(14-8-19-10-16-25(26)28(20)27(19)24)18-6-12-22(13-7-18)41(21-4-2-1-3-5-21)34-32(39)30(37)29(36)31(38)33(34)40/h1-17H. The molecule has 0 fully saturated rings. The molecule has 200 valence electrons. The number of para-hydroxylation sites is 1. The van der Waals surface area contributed by atoms with Gasteiger partial charge in [0, 0.05) is 15.8 Å². The summed E-state index contributed by atoms with van der Waals surface area (Å²) in [5.74, 6) is -10.0. The molecule has 7 rings (SSSR count). The van der Waals surface area contributed by atoms with Crippen LogP contribution >= 0.6 is 15.9 Å². The summed E-state index contributed by atoms with van der Waals surface area (Å²) in [6, 6.07) is 31.3. The van der Waals surface area contributed by atoms with Crippen molar-refractivity contribution in [3.8, 4) is 11.1 Å². The molecule has 0 aliphatic rings. The molecule has 0 saturated heterocycles. The number of benzene rings is 7. The van der Waals surface area contributed by atoms with Crippen LogP contribution in [-0.4, -0.2) is 0 Å². The third-order valence-corrected chi connectivity index (χ3v) is 8.16. The van der Waals surface area contributed by atoms with Gasteiger partial charge in [0.2, 0.25) is 5.82 Å². The van der Waals surface area contributed by atoms with E-state index < -0.39 is 34.8 Å². The second kappa shape index (κ2) is 9.56. The van der Waals surface area contributed by atoms with Crippen molar-refractivity contribution in [3.63, 3.8) is 0 Å². The van der Waals surface area contributed by atoms with E-state index in [9.17, 15) is 13.2 Å². The number of hydrogen-bond acceptors (Lipinski definition) is 1. The van der Waals surface area contributed by atoms with Crippen LogP contribution in [0.5, 0.6) is 0 Å². The zero-order valence-corrected chi connectivity index (χ0v) is 22.6. The van der Waals surface area contributed by atoms with Gasteiger partial charge in [-0.1, -0.05) is 88.7 Å². The molecule has 0 spiro atoms. The minimum absolute atomic E-state index is 0.227. The molecule has 0 aliphatic carbocycles. The summed E-state index contributed by atoms with van der Waals surface area (Å²) in [5, 5.41) is 6.62. The zero-order chi connectivity index (χ0) is 28.4. The first-order chi connectivity index (χ1) is 19.8. The molecule has 0 amide bonds. The fourth-order valence-corrected chi connectivity index (χ4v) is 6.04. The van der Waals surface area contributed by atoms with Crippen LogP contribution in [0.15, 0.2) is 108 Å². The Morgan fingerprint density at radius 1 is 0.463 bits per heavy atom. The van der Waals surface area contributed by atoms with Gasteiger partial charge >= 0.3 is 0 Å². The van der Waals surface area contributed by atoms with Crippen molar-refractivity contribution in [2.24, 2.45) is 0 Å². The lowest BCUT2D eigenvalue weighted by molar-refractivity contribution is 0.380. The van der Waals surface area contributed by atoms with Crippen LogP contribution in [0.3, 0.4) is 0 Å². The third-order valence-electron chi connectivity index (χ3n) is 7.47. The van der Waals surface area contributed by atoms with E-state index >= 15 is 8.78 Å². The van der Waals surface area contributed by atoms with E-state index in [1.54, 1.807) is 42.5 Å². The molecule has 0 bridgehead atoms. The SMILES string of the molecule is Fc1c(F)c(F)c(N(c2ccccc2)c2ccc(-c3ccc4ccc5c(Br)ccc6ccc3c4c65)cc2)c(F)c1F. The average molecular weight is 614 g/mol.